The van der Waals surface area contributed by atoms with Crippen LogP contribution in [0.2, 0.25) is 0 Å². The molecule has 0 amide bonds. The summed E-state index contributed by atoms with van der Waals surface area (Å²) < 4.78 is 36.9. The van der Waals surface area contributed by atoms with Gasteiger partial charge in [0.15, 0.2) is 0 Å². The number of halogens is 4. The summed E-state index contributed by atoms with van der Waals surface area (Å²) in [6.07, 6.45) is -4.40. The number of hydrogen-bond acceptors (Lipinski definition) is 2. The van der Waals surface area contributed by atoms with Crippen LogP contribution in [0, 0.1) is 3.57 Å². The maximum absolute atomic E-state index is 12.3. The van der Waals surface area contributed by atoms with Gasteiger partial charge in [-0.25, -0.2) is 0 Å². The van der Waals surface area contributed by atoms with Crippen LogP contribution in [-0.4, -0.2) is 0 Å². The van der Waals surface area contributed by atoms with Gasteiger partial charge in [0.05, 0.1) is 5.56 Å². The number of hydrogen-bond donors (Lipinski definition) is 2. The molecular weight excluding hydrogens is 296 g/mol. The molecule has 72 valence electrons. The zero-order chi connectivity index (χ0) is 10.2. The number of alkyl halides is 3. The Labute approximate surface area is 86.2 Å². The van der Waals surface area contributed by atoms with Crippen molar-refractivity contribution < 1.29 is 13.2 Å². The van der Waals surface area contributed by atoms with Gasteiger partial charge in [0, 0.05) is 14.9 Å². The molecular formula is C7H6F3IN2. The SMILES string of the molecule is Nc1cc(N)c(I)c(C(F)(F)F)c1. The molecule has 2 nitrogen and oxygen atoms in total. The average molecular weight is 302 g/mol. The van der Waals surface area contributed by atoms with Gasteiger partial charge in [-0.05, 0) is 34.7 Å². The first-order valence-corrected chi connectivity index (χ1v) is 4.32. The fourth-order valence-electron chi connectivity index (χ4n) is 0.876. The molecule has 1 aromatic carbocycles. The summed E-state index contributed by atoms with van der Waals surface area (Å²) in [5, 5.41) is 0. The zero-order valence-corrected chi connectivity index (χ0v) is 8.48. The van der Waals surface area contributed by atoms with Crippen molar-refractivity contribution in [3.8, 4) is 0 Å². The Hall–Kier alpha value is -0.660. The largest absolute Gasteiger partial charge is 0.417 e. The summed E-state index contributed by atoms with van der Waals surface area (Å²) in [5.74, 6) is 0. The second kappa shape index (κ2) is 3.24. The van der Waals surface area contributed by atoms with Crippen molar-refractivity contribution in [1.29, 1.82) is 0 Å². The lowest BCUT2D eigenvalue weighted by Crippen LogP contribution is -2.10. The van der Waals surface area contributed by atoms with Gasteiger partial charge in [-0.15, -0.1) is 0 Å². The normalized spacial score (nSPS) is 11.7. The standard InChI is InChI=1S/C7H6F3IN2/c8-7(9,10)4-1-3(12)2-5(13)6(4)11/h1-2H,12-13H2. The maximum Gasteiger partial charge on any atom is 0.417 e. The third-order valence-electron chi connectivity index (χ3n) is 1.43. The van der Waals surface area contributed by atoms with E-state index >= 15 is 0 Å². The van der Waals surface area contributed by atoms with E-state index in [-0.39, 0.29) is 14.9 Å². The molecule has 0 unspecified atom stereocenters. The molecule has 0 radical (unpaired) electrons. The van der Waals surface area contributed by atoms with Gasteiger partial charge in [-0.3, -0.25) is 0 Å². The highest BCUT2D eigenvalue weighted by Crippen LogP contribution is 2.36. The second-order valence-corrected chi connectivity index (χ2v) is 3.55. The Morgan fingerprint density at radius 3 is 2.15 bits per heavy atom. The summed E-state index contributed by atoms with van der Waals surface area (Å²) in [4.78, 5) is 0. The Bertz CT molecular complexity index is 335. The fourth-order valence-corrected chi connectivity index (χ4v) is 1.49. The predicted octanol–water partition coefficient (Wildman–Crippen LogP) is 2.47. The minimum atomic E-state index is -4.40. The second-order valence-electron chi connectivity index (χ2n) is 2.47. The van der Waals surface area contributed by atoms with E-state index in [1.54, 1.807) is 22.6 Å². The number of benzene rings is 1. The van der Waals surface area contributed by atoms with Gasteiger partial charge in [-0.1, -0.05) is 0 Å². The van der Waals surface area contributed by atoms with Crippen LogP contribution in [0.3, 0.4) is 0 Å². The Balaban J connectivity index is 3.37. The molecule has 0 aromatic heterocycles. The van der Waals surface area contributed by atoms with Crippen molar-refractivity contribution in [2.45, 2.75) is 6.18 Å². The van der Waals surface area contributed by atoms with Crippen molar-refractivity contribution in [2.75, 3.05) is 11.5 Å². The first-order valence-electron chi connectivity index (χ1n) is 3.24. The van der Waals surface area contributed by atoms with E-state index in [1.165, 1.54) is 6.07 Å². The van der Waals surface area contributed by atoms with Gasteiger partial charge < -0.3 is 11.5 Å². The molecule has 0 bridgehead atoms. The van der Waals surface area contributed by atoms with Crippen molar-refractivity contribution in [3.05, 3.63) is 21.3 Å². The summed E-state index contributed by atoms with van der Waals surface area (Å²) in [7, 11) is 0. The molecule has 0 saturated carbocycles. The van der Waals surface area contributed by atoms with Crippen molar-refractivity contribution in [1.82, 2.24) is 0 Å². The molecule has 0 aliphatic carbocycles. The van der Waals surface area contributed by atoms with Crippen LogP contribution in [0.5, 0.6) is 0 Å². The van der Waals surface area contributed by atoms with E-state index in [2.05, 4.69) is 0 Å². The molecule has 0 spiro atoms. The highest BCUT2D eigenvalue weighted by atomic mass is 127. The van der Waals surface area contributed by atoms with Crippen LogP contribution < -0.4 is 11.5 Å². The lowest BCUT2D eigenvalue weighted by molar-refractivity contribution is -0.138. The lowest BCUT2D eigenvalue weighted by Gasteiger charge is -2.11. The van der Waals surface area contributed by atoms with E-state index in [0.717, 1.165) is 6.07 Å². The fraction of sp³-hybridized carbons (Fsp3) is 0.143. The number of nitrogens with two attached hydrogens (primary N) is 2. The van der Waals surface area contributed by atoms with Gasteiger partial charge in [-0.2, -0.15) is 13.2 Å². The molecule has 6 heteroatoms. The van der Waals surface area contributed by atoms with Crippen LogP contribution in [0.1, 0.15) is 5.56 Å². The summed E-state index contributed by atoms with van der Waals surface area (Å²) in [6.45, 7) is 0. The molecule has 1 rings (SSSR count). The highest BCUT2D eigenvalue weighted by Gasteiger charge is 2.33. The van der Waals surface area contributed by atoms with E-state index in [1.807, 2.05) is 0 Å². The van der Waals surface area contributed by atoms with Crippen LogP contribution >= 0.6 is 22.6 Å². The minimum Gasteiger partial charge on any atom is -0.399 e. The van der Waals surface area contributed by atoms with Crippen LogP contribution in [0.4, 0.5) is 24.5 Å². The van der Waals surface area contributed by atoms with Crippen LogP contribution in [-0.2, 0) is 6.18 Å². The number of nitrogen functional groups attached to an aromatic ring is 2. The molecule has 0 saturated heterocycles. The molecule has 0 aliphatic heterocycles. The molecule has 13 heavy (non-hydrogen) atoms. The summed E-state index contributed by atoms with van der Waals surface area (Å²) in [6, 6.07) is 2.18. The summed E-state index contributed by atoms with van der Waals surface area (Å²) in [5.41, 5.74) is 9.85. The van der Waals surface area contributed by atoms with Crippen LogP contribution in [0.25, 0.3) is 0 Å². The first-order chi connectivity index (χ1) is 5.82. The first kappa shape index (κ1) is 10.4. The van der Waals surface area contributed by atoms with Crippen LogP contribution in [0.15, 0.2) is 12.1 Å². The predicted molar refractivity (Wildman–Crippen MR) is 53.0 cm³/mol. The van der Waals surface area contributed by atoms with Gasteiger partial charge in [0.2, 0.25) is 0 Å². The Morgan fingerprint density at radius 1 is 1.15 bits per heavy atom. The third-order valence-corrected chi connectivity index (χ3v) is 2.63. The van der Waals surface area contributed by atoms with Crippen molar-refractivity contribution >= 4 is 34.0 Å². The van der Waals surface area contributed by atoms with Crippen molar-refractivity contribution in [2.24, 2.45) is 0 Å². The molecule has 0 fully saturated rings. The monoisotopic (exact) mass is 302 g/mol. The van der Waals surface area contributed by atoms with Gasteiger partial charge >= 0.3 is 6.18 Å². The average Bonchev–Trinajstić information content (AvgIpc) is 1.94. The Morgan fingerprint density at radius 2 is 1.69 bits per heavy atom. The van der Waals surface area contributed by atoms with Gasteiger partial charge in [0.25, 0.3) is 0 Å². The smallest absolute Gasteiger partial charge is 0.399 e. The molecule has 0 atom stereocenters. The lowest BCUT2D eigenvalue weighted by atomic mass is 10.2. The van der Waals surface area contributed by atoms with E-state index in [4.69, 9.17) is 11.5 Å². The van der Waals surface area contributed by atoms with Gasteiger partial charge in [0.1, 0.15) is 0 Å². The van der Waals surface area contributed by atoms with E-state index < -0.39 is 11.7 Å². The van der Waals surface area contributed by atoms with E-state index in [9.17, 15) is 13.2 Å². The number of rotatable bonds is 0. The maximum atomic E-state index is 12.3. The minimum absolute atomic E-state index is 0.0145. The topological polar surface area (TPSA) is 52.0 Å². The molecule has 1 aromatic rings. The molecule has 0 heterocycles. The molecule has 0 aliphatic rings. The number of anilines is 2. The summed E-state index contributed by atoms with van der Waals surface area (Å²) >= 11 is 1.55. The molecule has 4 N–H and O–H groups in total. The Kier molecular flexibility index (Phi) is 2.60. The zero-order valence-electron chi connectivity index (χ0n) is 6.32. The van der Waals surface area contributed by atoms with Crippen molar-refractivity contribution in [3.63, 3.8) is 0 Å². The van der Waals surface area contributed by atoms with E-state index in [0.29, 0.717) is 0 Å². The quantitative estimate of drug-likeness (QED) is 0.571. The highest BCUT2D eigenvalue weighted by molar-refractivity contribution is 14.1. The third kappa shape index (κ3) is 2.17.